The lowest BCUT2D eigenvalue weighted by molar-refractivity contribution is 0.285. The quantitative estimate of drug-likeness (QED) is 0.924. The lowest BCUT2D eigenvalue weighted by atomic mass is 10.1. The van der Waals surface area contributed by atoms with Gasteiger partial charge in [0.05, 0.1) is 0 Å². The minimum absolute atomic E-state index is 0.178. The maximum Gasteiger partial charge on any atom is 0.229 e. The fourth-order valence-electron chi connectivity index (χ4n) is 2.69. The molecule has 1 fully saturated rings. The van der Waals surface area contributed by atoms with Crippen LogP contribution in [0, 0.1) is 0 Å². The number of nitrogens with two attached hydrogens (primary N) is 1. The van der Waals surface area contributed by atoms with Crippen LogP contribution in [0.3, 0.4) is 0 Å². The van der Waals surface area contributed by atoms with Crippen molar-refractivity contribution in [2.75, 3.05) is 0 Å². The monoisotopic (exact) mass is 271 g/mol. The fourth-order valence-corrected chi connectivity index (χ4v) is 2.69. The molecule has 2 N–H and O–H groups in total. The van der Waals surface area contributed by atoms with Crippen molar-refractivity contribution < 1.29 is 9.26 Å². The Bertz CT molecular complexity index is 634. The Balaban J connectivity index is 1.43. The van der Waals surface area contributed by atoms with E-state index in [-0.39, 0.29) is 6.04 Å². The highest BCUT2D eigenvalue weighted by atomic mass is 16.5. The number of aromatic nitrogens is 2. The predicted octanol–water partition coefficient (Wildman–Crippen LogP) is 2.47. The summed E-state index contributed by atoms with van der Waals surface area (Å²) in [5.74, 6) is 2.70. The Hall–Kier alpha value is -1.88. The number of aryl methyl sites for hydroxylation is 1. The molecule has 0 bridgehead atoms. The number of benzene rings is 1. The SMILES string of the molecule is N[C@H]1CCc2cc(OCc3noc(C4CC4)n3)ccc21. The Morgan fingerprint density at radius 1 is 1.30 bits per heavy atom. The third-order valence-electron chi connectivity index (χ3n) is 4.02. The lowest BCUT2D eigenvalue weighted by Crippen LogP contribution is -2.05. The van der Waals surface area contributed by atoms with Crippen molar-refractivity contribution in [3.8, 4) is 5.75 Å². The molecule has 20 heavy (non-hydrogen) atoms. The molecule has 104 valence electrons. The molecule has 1 saturated carbocycles. The van der Waals surface area contributed by atoms with Gasteiger partial charge in [-0.1, -0.05) is 11.2 Å². The molecular formula is C15H17N3O2. The molecule has 2 aromatic rings. The normalized spacial score (nSPS) is 20.9. The average Bonchev–Trinajstić information content (AvgIpc) is 3.10. The number of hydrogen-bond acceptors (Lipinski definition) is 5. The highest BCUT2D eigenvalue weighted by molar-refractivity contribution is 5.40. The highest BCUT2D eigenvalue weighted by Gasteiger charge is 2.29. The van der Waals surface area contributed by atoms with Gasteiger partial charge in [-0.25, -0.2) is 0 Å². The van der Waals surface area contributed by atoms with Gasteiger partial charge < -0.3 is 15.0 Å². The van der Waals surface area contributed by atoms with E-state index in [0.717, 1.165) is 37.3 Å². The zero-order valence-electron chi connectivity index (χ0n) is 11.2. The van der Waals surface area contributed by atoms with E-state index in [1.165, 1.54) is 11.1 Å². The van der Waals surface area contributed by atoms with E-state index < -0.39 is 0 Å². The van der Waals surface area contributed by atoms with Gasteiger partial charge in [-0.15, -0.1) is 0 Å². The zero-order valence-corrected chi connectivity index (χ0v) is 11.2. The van der Waals surface area contributed by atoms with E-state index in [1.807, 2.05) is 6.07 Å². The van der Waals surface area contributed by atoms with Crippen molar-refractivity contribution >= 4 is 0 Å². The van der Waals surface area contributed by atoms with Crippen molar-refractivity contribution in [3.05, 3.63) is 41.0 Å². The van der Waals surface area contributed by atoms with Crippen LogP contribution in [0.5, 0.6) is 5.75 Å². The Labute approximate surface area is 117 Å². The maximum absolute atomic E-state index is 6.03. The summed E-state index contributed by atoms with van der Waals surface area (Å²) in [7, 11) is 0. The largest absolute Gasteiger partial charge is 0.485 e. The van der Waals surface area contributed by atoms with Crippen LogP contribution in [0.25, 0.3) is 0 Å². The van der Waals surface area contributed by atoms with Crippen LogP contribution < -0.4 is 10.5 Å². The number of ether oxygens (including phenoxy) is 1. The number of hydrogen-bond donors (Lipinski definition) is 1. The summed E-state index contributed by atoms with van der Waals surface area (Å²) in [5.41, 5.74) is 8.56. The topological polar surface area (TPSA) is 74.2 Å². The standard InChI is InChI=1S/C15H17N3O2/c16-13-6-3-10-7-11(4-5-12(10)13)19-8-14-17-15(20-18-14)9-1-2-9/h4-5,7,9,13H,1-3,6,8,16H2/t13-/m0/s1. The molecule has 2 aliphatic carbocycles. The first-order valence-corrected chi connectivity index (χ1v) is 7.13. The summed E-state index contributed by atoms with van der Waals surface area (Å²) >= 11 is 0. The van der Waals surface area contributed by atoms with Crippen LogP contribution in [0.15, 0.2) is 22.7 Å². The summed E-state index contributed by atoms with van der Waals surface area (Å²) in [6.45, 7) is 0.348. The smallest absolute Gasteiger partial charge is 0.229 e. The van der Waals surface area contributed by atoms with Gasteiger partial charge in [-0.2, -0.15) is 4.98 Å². The van der Waals surface area contributed by atoms with Gasteiger partial charge in [0.2, 0.25) is 11.7 Å². The molecule has 5 heteroatoms. The van der Waals surface area contributed by atoms with Crippen molar-refractivity contribution in [1.29, 1.82) is 0 Å². The van der Waals surface area contributed by atoms with Gasteiger partial charge in [0.1, 0.15) is 5.75 Å². The second-order valence-electron chi connectivity index (χ2n) is 5.62. The first kappa shape index (κ1) is 11.9. The molecule has 0 amide bonds. The van der Waals surface area contributed by atoms with Crippen molar-refractivity contribution in [2.45, 2.75) is 44.2 Å². The van der Waals surface area contributed by atoms with Crippen LogP contribution in [0.2, 0.25) is 0 Å². The van der Waals surface area contributed by atoms with E-state index in [1.54, 1.807) is 0 Å². The molecule has 0 aliphatic heterocycles. The first-order chi connectivity index (χ1) is 9.79. The van der Waals surface area contributed by atoms with Crippen molar-refractivity contribution in [3.63, 3.8) is 0 Å². The molecule has 0 unspecified atom stereocenters. The average molecular weight is 271 g/mol. The lowest BCUT2D eigenvalue weighted by Gasteiger charge is -2.07. The van der Waals surface area contributed by atoms with Crippen LogP contribution in [0.4, 0.5) is 0 Å². The minimum Gasteiger partial charge on any atom is -0.485 e. The predicted molar refractivity (Wildman–Crippen MR) is 72.3 cm³/mol. The number of fused-ring (bicyclic) bond motifs is 1. The Kier molecular flexibility index (Phi) is 2.73. The summed E-state index contributed by atoms with van der Waals surface area (Å²) in [4.78, 5) is 4.35. The summed E-state index contributed by atoms with van der Waals surface area (Å²) in [5, 5.41) is 3.95. The third kappa shape index (κ3) is 2.18. The fraction of sp³-hybridized carbons (Fsp3) is 0.467. The molecule has 0 saturated heterocycles. The van der Waals surface area contributed by atoms with E-state index in [4.69, 9.17) is 15.0 Å². The van der Waals surface area contributed by atoms with E-state index >= 15 is 0 Å². The minimum atomic E-state index is 0.178. The Morgan fingerprint density at radius 3 is 3.05 bits per heavy atom. The van der Waals surface area contributed by atoms with Crippen LogP contribution in [0.1, 0.15) is 54.1 Å². The number of rotatable bonds is 4. The molecule has 2 aliphatic rings. The van der Waals surface area contributed by atoms with Gasteiger partial charge in [0, 0.05) is 12.0 Å². The molecule has 4 rings (SSSR count). The second kappa shape index (κ2) is 4.59. The second-order valence-corrected chi connectivity index (χ2v) is 5.62. The van der Waals surface area contributed by atoms with Gasteiger partial charge in [0.25, 0.3) is 0 Å². The number of nitrogens with zero attached hydrogens (tertiary/aromatic N) is 2. The first-order valence-electron chi connectivity index (χ1n) is 7.13. The summed E-state index contributed by atoms with van der Waals surface area (Å²) in [6, 6.07) is 6.28. The maximum atomic E-state index is 6.03. The van der Waals surface area contributed by atoms with Crippen molar-refractivity contribution in [2.24, 2.45) is 5.73 Å². The third-order valence-corrected chi connectivity index (χ3v) is 4.02. The van der Waals surface area contributed by atoms with Crippen molar-refractivity contribution in [1.82, 2.24) is 10.1 Å². The van der Waals surface area contributed by atoms with E-state index in [9.17, 15) is 0 Å². The molecule has 5 nitrogen and oxygen atoms in total. The van der Waals surface area contributed by atoms with E-state index in [2.05, 4.69) is 22.3 Å². The molecule has 1 aromatic heterocycles. The molecule has 1 aromatic carbocycles. The molecule has 1 heterocycles. The van der Waals surface area contributed by atoms with E-state index in [0.29, 0.717) is 18.3 Å². The molecular weight excluding hydrogens is 254 g/mol. The van der Waals surface area contributed by atoms with Gasteiger partial charge >= 0.3 is 0 Å². The highest BCUT2D eigenvalue weighted by Crippen LogP contribution is 2.38. The van der Waals surface area contributed by atoms with Crippen LogP contribution >= 0.6 is 0 Å². The van der Waals surface area contributed by atoms with Gasteiger partial charge in [-0.05, 0) is 48.9 Å². The molecule has 0 spiro atoms. The molecule has 1 atom stereocenters. The zero-order chi connectivity index (χ0) is 13.5. The summed E-state index contributed by atoms with van der Waals surface area (Å²) in [6.07, 6.45) is 4.37. The van der Waals surface area contributed by atoms with Gasteiger partial charge in [0.15, 0.2) is 6.61 Å². The van der Waals surface area contributed by atoms with Gasteiger partial charge in [-0.3, -0.25) is 0 Å². The van der Waals surface area contributed by atoms with Crippen LogP contribution in [-0.4, -0.2) is 10.1 Å². The molecule has 0 radical (unpaired) electrons. The summed E-state index contributed by atoms with van der Waals surface area (Å²) < 4.78 is 10.9. The van der Waals surface area contributed by atoms with Crippen LogP contribution in [-0.2, 0) is 13.0 Å². The Morgan fingerprint density at radius 2 is 2.20 bits per heavy atom.